The number of rotatable bonds is 9. The van der Waals surface area contributed by atoms with Crippen molar-refractivity contribution in [3.05, 3.63) is 66.0 Å². The molecule has 2 aromatic carbocycles. The Morgan fingerprint density at radius 1 is 1.13 bits per heavy atom. The molecule has 1 amide bonds. The van der Waals surface area contributed by atoms with E-state index >= 15 is 0 Å². The van der Waals surface area contributed by atoms with Crippen LogP contribution >= 0.6 is 11.8 Å². The van der Waals surface area contributed by atoms with Crippen molar-refractivity contribution < 1.29 is 17.6 Å². The fraction of sp³-hybridized carbons (Fsp3) is 0.435. The molecule has 5 nitrogen and oxygen atoms in total. The van der Waals surface area contributed by atoms with Crippen molar-refractivity contribution >= 4 is 27.7 Å². The predicted octanol–water partition coefficient (Wildman–Crippen LogP) is 3.71. The SMILES string of the molecule is CSCCC(NS(=O)(=O)c1ccccc1F)C(=O)N1CCC(Cc2ccccc2)CC1. The number of halogens is 1. The van der Waals surface area contributed by atoms with Gasteiger partial charge in [0.05, 0.1) is 0 Å². The van der Waals surface area contributed by atoms with E-state index in [1.165, 1.54) is 23.8 Å². The van der Waals surface area contributed by atoms with Crippen LogP contribution in [0.2, 0.25) is 0 Å². The molecule has 0 aromatic heterocycles. The Labute approximate surface area is 188 Å². The summed E-state index contributed by atoms with van der Waals surface area (Å²) in [6.07, 6.45) is 5.02. The number of carbonyl (C=O) groups excluding carboxylic acids is 1. The lowest BCUT2D eigenvalue weighted by molar-refractivity contribution is -0.134. The van der Waals surface area contributed by atoms with E-state index in [9.17, 15) is 17.6 Å². The molecule has 0 radical (unpaired) electrons. The van der Waals surface area contributed by atoms with Gasteiger partial charge in [-0.25, -0.2) is 12.8 Å². The van der Waals surface area contributed by atoms with Gasteiger partial charge < -0.3 is 4.90 Å². The molecule has 1 heterocycles. The molecule has 0 aliphatic carbocycles. The van der Waals surface area contributed by atoms with Crippen LogP contribution in [-0.2, 0) is 21.2 Å². The Kier molecular flexibility index (Phi) is 8.51. The summed E-state index contributed by atoms with van der Waals surface area (Å²) in [6.45, 7) is 1.21. The van der Waals surface area contributed by atoms with E-state index in [1.807, 2.05) is 24.5 Å². The molecule has 1 N–H and O–H groups in total. The lowest BCUT2D eigenvalue weighted by atomic mass is 9.90. The number of likely N-dealkylation sites (tertiary alicyclic amines) is 1. The number of hydrogen-bond donors (Lipinski definition) is 1. The van der Waals surface area contributed by atoms with Crippen LogP contribution in [-0.4, -0.2) is 50.4 Å². The number of nitrogens with zero attached hydrogens (tertiary/aromatic N) is 1. The number of carbonyl (C=O) groups is 1. The molecule has 2 aromatic rings. The van der Waals surface area contributed by atoms with Crippen LogP contribution in [0.25, 0.3) is 0 Å². The standard InChI is InChI=1S/C23H29FN2O3S2/c1-30-16-13-21(25-31(28,29)22-10-6-5-9-20(22)24)23(27)26-14-11-19(12-15-26)17-18-7-3-2-4-8-18/h2-10,19,21,25H,11-17H2,1H3. The number of thioether (sulfide) groups is 1. The maximum absolute atomic E-state index is 14.0. The Bertz CT molecular complexity index is 962. The van der Waals surface area contributed by atoms with E-state index in [-0.39, 0.29) is 5.91 Å². The quantitative estimate of drug-likeness (QED) is 0.614. The van der Waals surface area contributed by atoms with Gasteiger partial charge in [0.2, 0.25) is 15.9 Å². The molecule has 1 fully saturated rings. The molecule has 1 unspecified atom stereocenters. The molecule has 3 rings (SSSR count). The summed E-state index contributed by atoms with van der Waals surface area (Å²) in [5.74, 6) is 0.0758. The maximum atomic E-state index is 14.0. The molecule has 1 saturated heterocycles. The highest BCUT2D eigenvalue weighted by molar-refractivity contribution is 7.98. The monoisotopic (exact) mass is 464 g/mol. The van der Waals surface area contributed by atoms with Crippen molar-refractivity contribution in [3.63, 3.8) is 0 Å². The second-order valence-electron chi connectivity index (χ2n) is 7.84. The van der Waals surface area contributed by atoms with E-state index in [0.717, 1.165) is 25.3 Å². The van der Waals surface area contributed by atoms with Gasteiger partial charge in [0.25, 0.3) is 0 Å². The zero-order valence-corrected chi connectivity index (χ0v) is 19.3. The number of sulfonamides is 1. The van der Waals surface area contributed by atoms with Gasteiger partial charge in [-0.1, -0.05) is 42.5 Å². The summed E-state index contributed by atoms with van der Waals surface area (Å²) in [7, 11) is -4.14. The lowest BCUT2D eigenvalue weighted by Gasteiger charge is -2.34. The summed E-state index contributed by atoms with van der Waals surface area (Å²) in [5.41, 5.74) is 1.29. The third kappa shape index (κ3) is 6.54. The topological polar surface area (TPSA) is 66.5 Å². The minimum absolute atomic E-state index is 0.230. The molecule has 0 spiro atoms. The molecule has 0 saturated carbocycles. The molecule has 1 aliphatic heterocycles. The van der Waals surface area contributed by atoms with Crippen LogP contribution in [0.5, 0.6) is 0 Å². The Balaban J connectivity index is 1.64. The molecule has 8 heteroatoms. The summed E-state index contributed by atoms with van der Waals surface area (Å²) < 4.78 is 42.0. The van der Waals surface area contributed by atoms with Gasteiger partial charge >= 0.3 is 0 Å². The largest absolute Gasteiger partial charge is 0.341 e. The van der Waals surface area contributed by atoms with E-state index in [2.05, 4.69) is 16.9 Å². The van der Waals surface area contributed by atoms with Crippen molar-refractivity contribution in [2.24, 2.45) is 5.92 Å². The second-order valence-corrected chi connectivity index (χ2v) is 10.5. The molecule has 1 atom stereocenters. The molecule has 0 bridgehead atoms. The van der Waals surface area contributed by atoms with Gasteiger partial charge in [0, 0.05) is 13.1 Å². The third-order valence-electron chi connectivity index (χ3n) is 5.63. The second kappa shape index (κ2) is 11.1. The summed E-state index contributed by atoms with van der Waals surface area (Å²) in [4.78, 5) is 14.5. The van der Waals surface area contributed by atoms with Crippen molar-refractivity contribution in [2.45, 2.75) is 36.6 Å². The van der Waals surface area contributed by atoms with Crippen molar-refractivity contribution in [1.29, 1.82) is 0 Å². The number of hydrogen-bond acceptors (Lipinski definition) is 4. The van der Waals surface area contributed by atoms with Crippen molar-refractivity contribution in [2.75, 3.05) is 25.1 Å². The van der Waals surface area contributed by atoms with Crippen LogP contribution in [0.4, 0.5) is 4.39 Å². The highest BCUT2D eigenvalue weighted by atomic mass is 32.2. The van der Waals surface area contributed by atoms with Gasteiger partial charge in [0.15, 0.2) is 0 Å². The first-order valence-electron chi connectivity index (χ1n) is 10.5. The van der Waals surface area contributed by atoms with E-state index < -0.39 is 26.8 Å². The van der Waals surface area contributed by atoms with Gasteiger partial charge in [0.1, 0.15) is 16.8 Å². The zero-order chi connectivity index (χ0) is 22.3. The minimum atomic E-state index is -4.14. The normalized spacial score (nSPS) is 16.3. The van der Waals surface area contributed by atoms with Crippen molar-refractivity contribution in [1.82, 2.24) is 9.62 Å². The molecular formula is C23H29FN2O3S2. The van der Waals surface area contributed by atoms with Crippen LogP contribution < -0.4 is 4.72 Å². The van der Waals surface area contributed by atoms with Crippen molar-refractivity contribution in [3.8, 4) is 0 Å². The van der Waals surface area contributed by atoms with Gasteiger partial charge in [-0.2, -0.15) is 16.5 Å². The zero-order valence-electron chi connectivity index (χ0n) is 17.7. The van der Waals surface area contributed by atoms with E-state index in [1.54, 1.807) is 16.7 Å². The number of amides is 1. The van der Waals surface area contributed by atoms with Gasteiger partial charge in [-0.05, 0) is 61.3 Å². The van der Waals surface area contributed by atoms with Crippen LogP contribution in [0.1, 0.15) is 24.8 Å². The molecular weight excluding hydrogens is 435 g/mol. The predicted molar refractivity (Wildman–Crippen MR) is 123 cm³/mol. The van der Waals surface area contributed by atoms with E-state index in [4.69, 9.17) is 0 Å². The summed E-state index contributed by atoms with van der Waals surface area (Å²) in [6, 6.07) is 14.6. The molecule has 1 aliphatic rings. The Hall–Kier alpha value is -1.90. The van der Waals surface area contributed by atoms with Gasteiger partial charge in [-0.3, -0.25) is 4.79 Å². The highest BCUT2D eigenvalue weighted by Gasteiger charge is 2.32. The first-order chi connectivity index (χ1) is 14.9. The van der Waals surface area contributed by atoms with E-state index in [0.29, 0.717) is 31.2 Å². The van der Waals surface area contributed by atoms with Crippen LogP contribution in [0, 0.1) is 11.7 Å². The highest BCUT2D eigenvalue weighted by Crippen LogP contribution is 2.23. The number of benzene rings is 2. The molecule has 31 heavy (non-hydrogen) atoms. The summed E-state index contributed by atoms with van der Waals surface area (Å²) >= 11 is 1.54. The van der Waals surface area contributed by atoms with Crippen LogP contribution in [0.3, 0.4) is 0 Å². The fourth-order valence-electron chi connectivity index (χ4n) is 3.91. The summed E-state index contributed by atoms with van der Waals surface area (Å²) in [5, 5.41) is 0. The first-order valence-corrected chi connectivity index (χ1v) is 13.4. The van der Waals surface area contributed by atoms with Gasteiger partial charge in [-0.15, -0.1) is 0 Å². The maximum Gasteiger partial charge on any atom is 0.244 e. The Morgan fingerprint density at radius 3 is 2.42 bits per heavy atom. The number of piperidine rings is 1. The third-order valence-corrected chi connectivity index (χ3v) is 7.77. The average molecular weight is 465 g/mol. The molecule has 168 valence electrons. The van der Waals surface area contributed by atoms with Crippen LogP contribution in [0.15, 0.2) is 59.5 Å². The Morgan fingerprint density at radius 2 is 1.77 bits per heavy atom. The lowest BCUT2D eigenvalue weighted by Crippen LogP contribution is -2.51. The average Bonchev–Trinajstić information content (AvgIpc) is 2.77. The number of nitrogens with one attached hydrogen (secondary N) is 1. The minimum Gasteiger partial charge on any atom is -0.341 e. The first kappa shape index (κ1) is 23.8. The smallest absolute Gasteiger partial charge is 0.244 e. The fourth-order valence-corrected chi connectivity index (χ4v) is 5.68.